The molecular weight excluding hydrogens is 210 g/mol. The highest BCUT2D eigenvalue weighted by molar-refractivity contribution is 7.99. The number of aromatic nitrogens is 2. The van der Waals surface area contributed by atoms with Crippen molar-refractivity contribution in [1.82, 2.24) is 15.3 Å². The van der Waals surface area contributed by atoms with Gasteiger partial charge < -0.3 is 10.1 Å². The van der Waals surface area contributed by atoms with E-state index in [1.165, 1.54) is 0 Å². The van der Waals surface area contributed by atoms with Crippen molar-refractivity contribution in [3.05, 3.63) is 18.6 Å². The van der Waals surface area contributed by atoms with Crippen LogP contribution in [0.15, 0.2) is 23.6 Å². The van der Waals surface area contributed by atoms with Gasteiger partial charge in [0.25, 0.3) is 0 Å². The molecule has 0 saturated heterocycles. The Morgan fingerprint density at radius 1 is 1.53 bits per heavy atom. The Bertz CT molecular complexity index is 258. The molecule has 0 bridgehead atoms. The van der Waals surface area contributed by atoms with Crippen molar-refractivity contribution in [2.75, 3.05) is 26.0 Å². The maximum atomic E-state index is 5.03. The predicted molar refractivity (Wildman–Crippen MR) is 62.1 cm³/mol. The molecule has 4 nitrogen and oxygen atoms in total. The summed E-state index contributed by atoms with van der Waals surface area (Å²) in [4.78, 5) is 8.18. The third-order valence-electron chi connectivity index (χ3n) is 1.80. The number of rotatable bonds is 7. The molecule has 1 rings (SSSR count). The Labute approximate surface area is 94.8 Å². The van der Waals surface area contributed by atoms with Crippen LogP contribution in [0.4, 0.5) is 0 Å². The quantitative estimate of drug-likeness (QED) is 0.560. The molecule has 0 aliphatic heterocycles. The molecule has 1 aromatic rings. The number of nitrogens with one attached hydrogen (secondary N) is 1. The standard InChI is InChI=1S/C10H17N3OS/c1-9(8-14-2)12-5-6-15-10-7-11-3-4-13-10/h3-4,7,9,12H,5-6,8H2,1-2H3. The second kappa shape index (κ2) is 7.62. The molecule has 0 spiro atoms. The smallest absolute Gasteiger partial charge is 0.114 e. The van der Waals surface area contributed by atoms with Crippen LogP contribution in [0.3, 0.4) is 0 Å². The van der Waals surface area contributed by atoms with Crippen molar-refractivity contribution in [1.29, 1.82) is 0 Å². The van der Waals surface area contributed by atoms with Crippen molar-refractivity contribution in [3.63, 3.8) is 0 Å². The second-order valence-corrected chi connectivity index (χ2v) is 4.32. The normalized spacial score (nSPS) is 12.7. The Morgan fingerprint density at radius 3 is 3.07 bits per heavy atom. The molecule has 1 N–H and O–H groups in total. The molecule has 0 aliphatic rings. The lowest BCUT2D eigenvalue weighted by molar-refractivity contribution is 0.173. The van der Waals surface area contributed by atoms with Crippen molar-refractivity contribution >= 4 is 11.8 Å². The number of hydrogen-bond donors (Lipinski definition) is 1. The molecule has 0 amide bonds. The van der Waals surface area contributed by atoms with Crippen molar-refractivity contribution in [2.24, 2.45) is 0 Å². The fraction of sp³-hybridized carbons (Fsp3) is 0.600. The van der Waals surface area contributed by atoms with Gasteiger partial charge in [-0.05, 0) is 6.92 Å². The van der Waals surface area contributed by atoms with E-state index in [4.69, 9.17) is 4.74 Å². The molecule has 0 radical (unpaired) electrons. The number of methoxy groups -OCH3 is 1. The first kappa shape index (κ1) is 12.4. The van der Waals surface area contributed by atoms with Gasteiger partial charge in [0.05, 0.1) is 12.8 Å². The molecule has 84 valence electrons. The van der Waals surface area contributed by atoms with E-state index in [2.05, 4.69) is 22.2 Å². The van der Waals surface area contributed by atoms with Gasteiger partial charge in [0.2, 0.25) is 0 Å². The zero-order chi connectivity index (χ0) is 10.9. The highest BCUT2D eigenvalue weighted by Gasteiger charge is 1.99. The summed E-state index contributed by atoms with van der Waals surface area (Å²) < 4.78 is 5.03. The molecular formula is C10H17N3OS. The van der Waals surface area contributed by atoms with E-state index < -0.39 is 0 Å². The average molecular weight is 227 g/mol. The lowest BCUT2D eigenvalue weighted by Gasteiger charge is -2.11. The molecule has 5 heteroatoms. The van der Waals surface area contributed by atoms with Crippen LogP contribution < -0.4 is 5.32 Å². The summed E-state index contributed by atoms with van der Waals surface area (Å²) in [6, 6.07) is 0.400. The van der Waals surface area contributed by atoms with Gasteiger partial charge in [-0.15, -0.1) is 11.8 Å². The first-order valence-corrected chi connectivity index (χ1v) is 5.92. The predicted octanol–water partition coefficient (Wildman–Crippen LogP) is 1.19. The Hall–Kier alpha value is -0.650. The molecule has 0 aliphatic carbocycles. The first-order chi connectivity index (χ1) is 7.33. The van der Waals surface area contributed by atoms with Crippen LogP contribution in [0.2, 0.25) is 0 Å². The third kappa shape index (κ3) is 5.71. The zero-order valence-electron chi connectivity index (χ0n) is 9.14. The van der Waals surface area contributed by atoms with E-state index in [9.17, 15) is 0 Å². The molecule has 15 heavy (non-hydrogen) atoms. The van der Waals surface area contributed by atoms with Gasteiger partial charge >= 0.3 is 0 Å². The van der Waals surface area contributed by atoms with Crippen LogP contribution in [0.1, 0.15) is 6.92 Å². The summed E-state index contributed by atoms with van der Waals surface area (Å²) in [5.41, 5.74) is 0. The van der Waals surface area contributed by atoms with E-state index in [-0.39, 0.29) is 0 Å². The Morgan fingerprint density at radius 2 is 2.40 bits per heavy atom. The van der Waals surface area contributed by atoms with Gasteiger partial charge in [-0.2, -0.15) is 0 Å². The topological polar surface area (TPSA) is 47.0 Å². The van der Waals surface area contributed by atoms with Crippen LogP contribution in [0.25, 0.3) is 0 Å². The van der Waals surface area contributed by atoms with E-state index >= 15 is 0 Å². The summed E-state index contributed by atoms with van der Waals surface area (Å²) in [6.07, 6.45) is 5.18. The molecule has 1 unspecified atom stereocenters. The lowest BCUT2D eigenvalue weighted by Crippen LogP contribution is -2.31. The maximum Gasteiger partial charge on any atom is 0.114 e. The molecule has 0 aromatic carbocycles. The minimum atomic E-state index is 0.400. The summed E-state index contributed by atoms with van der Waals surface area (Å²) in [7, 11) is 1.71. The fourth-order valence-corrected chi connectivity index (χ4v) is 1.83. The minimum absolute atomic E-state index is 0.400. The van der Waals surface area contributed by atoms with E-state index in [1.54, 1.807) is 37.5 Å². The molecule has 0 saturated carbocycles. The highest BCUT2D eigenvalue weighted by atomic mass is 32.2. The Balaban J connectivity index is 2.07. The van der Waals surface area contributed by atoms with Gasteiger partial charge in [0.1, 0.15) is 5.03 Å². The molecule has 0 fully saturated rings. The monoisotopic (exact) mass is 227 g/mol. The fourth-order valence-electron chi connectivity index (χ4n) is 1.13. The van der Waals surface area contributed by atoms with E-state index in [1.807, 2.05) is 0 Å². The maximum absolute atomic E-state index is 5.03. The van der Waals surface area contributed by atoms with Crippen LogP contribution >= 0.6 is 11.8 Å². The summed E-state index contributed by atoms with van der Waals surface area (Å²) >= 11 is 1.70. The van der Waals surface area contributed by atoms with Gasteiger partial charge in [-0.1, -0.05) is 0 Å². The van der Waals surface area contributed by atoms with Gasteiger partial charge in [0.15, 0.2) is 0 Å². The zero-order valence-corrected chi connectivity index (χ0v) is 9.96. The number of ether oxygens (including phenoxy) is 1. The second-order valence-electron chi connectivity index (χ2n) is 3.20. The first-order valence-electron chi connectivity index (χ1n) is 4.94. The van der Waals surface area contributed by atoms with E-state index in [0.29, 0.717) is 6.04 Å². The molecule has 1 heterocycles. The van der Waals surface area contributed by atoms with E-state index in [0.717, 1.165) is 23.9 Å². The Kier molecular flexibility index (Phi) is 6.31. The lowest BCUT2D eigenvalue weighted by atomic mass is 10.4. The SMILES string of the molecule is COCC(C)NCCSc1cnccn1. The average Bonchev–Trinajstić information content (AvgIpc) is 2.26. The molecule has 1 atom stereocenters. The van der Waals surface area contributed by atoms with Crippen LogP contribution in [0, 0.1) is 0 Å². The number of nitrogens with zero attached hydrogens (tertiary/aromatic N) is 2. The van der Waals surface area contributed by atoms with Crippen LogP contribution in [-0.2, 0) is 4.74 Å². The van der Waals surface area contributed by atoms with Gasteiger partial charge in [-0.25, -0.2) is 4.98 Å². The number of hydrogen-bond acceptors (Lipinski definition) is 5. The highest BCUT2D eigenvalue weighted by Crippen LogP contribution is 2.11. The van der Waals surface area contributed by atoms with Crippen molar-refractivity contribution in [2.45, 2.75) is 18.0 Å². The molecule has 1 aromatic heterocycles. The van der Waals surface area contributed by atoms with Crippen LogP contribution in [0.5, 0.6) is 0 Å². The van der Waals surface area contributed by atoms with Crippen molar-refractivity contribution in [3.8, 4) is 0 Å². The third-order valence-corrected chi connectivity index (χ3v) is 2.72. The largest absolute Gasteiger partial charge is 0.383 e. The summed E-state index contributed by atoms with van der Waals surface area (Å²) in [6.45, 7) is 3.80. The van der Waals surface area contributed by atoms with Gasteiger partial charge in [-0.3, -0.25) is 4.98 Å². The minimum Gasteiger partial charge on any atom is -0.383 e. The van der Waals surface area contributed by atoms with Crippen molar-refractivity contribution < 1.29 is 4.74 Å². The number of thioether (sulfide) groups is 1. The van der Waals surface area contributed by atoms with Crippen LogP contribution in [-0.4, -0.2) is 42.0 Å². The summed E-state index contributed by atoms with van der Waals surface area (Å²) in [5.74, 6) is 0.993. The summed E-state index contributed by atoms with van der Waals surface area (Å²) in [5, 5.41) is 4.33. The van der Waals surface area contributed by atoms with Gasteiger partial charge in [0, 0.05) is 37.8 Å².